The number of carbonyl (C=O) groups is 3. The number of nitrogens with zero attached hydrogens (tertiary/aromatic N) is 1. The zero-order valence-electron chi connectivity index (χ0n) is 14.2. The van der Waals surface area contributed by atoms with Crippen molar-refractivity contribution in [3.05, 3.63) is 0 Å². The Morgan fingerprint density at radius 2 is 1.73 bits per heavy atom. The van der Waals surface area contributed by atoms with Gasteiger partial charge in [0.2, 0.25) is 0 Å². The van der Waals surface area contributed by atoms with E-state index in [0.717, 1.165) is 4.90 Å². The molecule has 0 radical (unpaired) electrons. The Morgan fingerprint density at radius 3 is 2.09 bits per heavy atom. The molecule has 0 aromatic carbocycles. The molecular weight excluding hydrogens is 290 g/mol. The SMILES string of the molecule is CCOC(=O)C(CC)CN(C(=O)OC(C)(C)C)[C@@H](C)C(=O)O. The van der Waals surface area contributed by atoms with Crippen molar-refractivity contribution in [1.82, 2.24) is 4.90 Å². The van der Waals surface area contributed by atoms with Gasteiger partial charge in [-0.2, -0.15) is 0 Å². The van der Waals surface area contributed by atoms with Gasteiger partial charge >= 0.3 is 18.0 Å². The second kappa shape index (κ2) is 8.60. The van der Waals surface area contributed by atoms with Gasteiger partial charge in [0.1, 0.15) is 11.6 Å². The molecule has 7 heteroatoms. The van der Waals surface area contributed by atoms with Gasteiger partial charge in [0.05, 0.1) is 12.5 Å². The van der Waals surface area contributed by atoms with Crippen LogP contribution in [0.1, 0.15) is 48.0 Å². The molecule has 1 unspecified atom stereocenters. The summed E-state index contributed by atoms with van der Waals surface area (Å²) in [6, 6.07) is -1.10. The molecule has 0 fully saturated rings. The molecule has 0 saturated carbocycles. The molecule has 7 nitrogen and oxygen atoms in total. The molecular formula is C15H27NO6. The van der Waals surface area contributed by atoms with Gasteiger partial charge in [0.15, 0.2) is 0 Å². The molecule has 1 N–H and O–H groups in total. The standard InChI is InChI=1S/C15H27NO6/c1-7-11(13(19)21-8-2)9-16(10(3)12(17)18)14(20)22-15(4,5)6/h10-11H,7-9H2,1-6H3,(H,17,18)/t10-,11?/m0/s1. The number of carboxylic acid groups (broad SMARTS) is 1. The highest BCUT2D eigenvalue weighted by atomic mass is 16.6. The number of carbonyl (C=O) groups excluding carboxylic acids is 2. The average molecular weight is 317 g/mol. The summed E-state index contributed by atoms with van der Waals surface area (Å²) in [7, 11) is 0. The summed E-state index contributed by atoms with van der Waals surface area (Å²) in [6.07, 6.45) is -0.324. The van der Waals surface area contributed by atoms with Crippen molar-refractivity contribution in [1.29, 1.82) is 0 Å². The molecule has 0 saturated heterocycles. The molecule has 128 valence electrons. The Kier molecular flexibility index (Phi) is 7.90. The molecule has 0 heterocycles. The number of rotatable bonds is 7. The fourth-order valence-electron chi connectivity index (χ4n) is 1.71. The Balaban J connectivity index is 5.19. The number of amides is 1. The monoisotopic (exact) mass is 317 g/mol. The Morgan fingerprint density at radius 1 is 1.18 bits per heavy atom. The van der Waals surface area contributed by atoms with Crippen LogP contribution in [0, 0.1) is 5.92 Å². The summed E-state index contributed by atoms with van der Waals surface area (Å²) in [5, 5.41) is 9.16. The Bertz CT molecular complexity index is 401. The van der Waals surface area contributed by atoms with Crippen molar-refractivity contribution in [2.24, 2.45) is 5.92 Å². The van der Waals surface area contributed by atoms with E-state index in [2.05, 4.69) is 0 Å². The summed E-state index contributed by atoms with van der Waals surface area (Å²) < 4.78 is 10.2. The zero-order valence-corrected chi connectivity index (χ0v) is 14.2. The number of ether oxygens (including phenoxy) is 2. The van der Waals surface area contributed by atoms with Crippen LogP contribution in [0.2, 0.25) is 0 Å². The fourth-order valence-corrected chi connectivity index (χ4v) is 1.71. The van der Waals surface area contributed by atoms with Crippen molar-refractivity contribution in [2.75, 3.05) is 13.2 Å². The molecule has 0 spiro atoms. The van der Waals surface area contributed by atoms with Crippen molar-refractivity contribution in [3.63, 3.8) is 0 Å². The van der Waals surface area contributed by atoms with Gasteiger partial charge in [-0.1, -0.05) is 6.92 Å². The quantitative estimate of drug-likeness (QED) is 0.724. The molecule has 1 amide bonds. The van der Waals surface area contributed by atoms with Crippen LogP contribution >= 0.6 is 0 Å². The first kappa shape index (κ1) is 20.2. The van der Waals surface area contributed by atoms with Gasteiger partial charge in [-0.15, -0.1) is 0 Å². The van der Waals surface area contributed by atoms with Crippen LogP contribution in [0.15, 0.2) is 0 Å². The first-order valence-corrected chi connectivity index (χ1v) is 7.42. The van der Waals surface area contributed by atoms with Crippen molar-refractivity contribution in [2.45, 2.75) is 59.6 Å². The smallest absolute Gasteiger partial charge is 0.411 e. The summed E-state index contributed by atoms with van der Waals surface area (Å²) in [5.74, 6) is -2.20. The van der Waals surface area contributed by atoms with Crippen LogP contribution in [0.4, 0.5) is 4.79 Å². The maximum Gasteiger partial charge on any atom is 0.411 e. The van der Waals surface area contributed by atoms with E-state index >= 15 is 0 Å². The lowest BCUT2D eigenvalue weighted by molar-refractivity contribution is -0.151. The van der Waals surface area contributed by atoms with Gasteiger partial charge in [-0.05, 0) is 41.0 Å². The third-order valence-corrected chi connectivity index (χ3v) is 2.98. The molecule has 0 rings (SSSR count). The molecule has 0 aromatic heterocycles. The van der Waals surface area contributed by atoms with E-state index in [4.69, 9.17) is 14.6 Å². The second-order valence-electron chi connectivity index (χ2n) is 6.00. The van der Waals surface area contributed by atoms with E-state index in [1.54, 1.807) is 34.6 Å². The number of carboxylic acids is 1. The van der Waals surface area contributed by atoms with Crippen molar-refractivity contribution in [3.8, 4) is 0 Å². The maximum atomic E-state index is 12.2. The minimum Gasteiger partial charge on any atom is -0.480 e. The van der Waals surface area contributed by atoms with Crippen LogP contribution in [0.5, 0.6) is 0 Å². The summed E-state index contributed by atoms with van der Waals surface area (Å²) in [5.41, 5.74) is -0.751. The Hall–Kier alpha value is -1.79. The minimum atomic E-state index is -1.16. The Labute approximate surface area is 131 Å². The normalized spacial score (nSPS) is 13.9. The van der Waals surface area contributed by atoms with Crippen molar-refractivity contribution < 1.29 is 29.0 Å². The highest BCUT2D eigenvalue weighted by Gasteiger charge is 2.33. The molecule has 0 aromatic rings. The lowest BCUT2D eigenvalue weighted by Gasteiger charge is -2.31. The minimum absolute atomic E-state index is 0.0578. The molecule has 0 aliphatic carbocycles. The summed E-state index contributed by atoms with van der Waals surface area (Å²) in [4.78, 5) is 36.4. The predicted molar refractivity (Wildman–Crippen MR) is 80.5 cm³/mol. The number of aliphatic carboxylic acids is 1. The van der Waals surface area contributed by atoms with E-state index < -0.39 is 35.6 Å². The molecule has 0 aliphatic rings. The first-order chi connectivity index (χ1) is 10.0. The lowest BCUT2D eigenvalue weighted by atomic mass is 10.1. The van der Waals surface area contributed by atoms with Crippen LogP contribution in [0.3, 0.4) is 0 Å². The highest BCUT2D eigenvalue weighted by molar-refractivity contribution is 5.80. The predicted octanol–water partition coefficient (Wildman–Crippen LogP) is 2.29. The van der Waals surface area contributed by atoms with E-state index in [9.17, 15) is 14.4 Å². The maximum absolute atomic E-state index is 12.2. The average Bonchev–Trinajstić information content (AvgIpc) is 2.37. The zero-order chi connectivity index (χ0) is 17.5. The highest BCUT2D eigenvalue weighted by Crippen LogP contribution is 2.16. The third kappa shape index (κ3) is 6.78. The van der Waals surface area contributed by atoms with Crippen LogP contribution in [-0.2, 0) is 19.1 Å². The number of hydrogen-bond acceptors (Lipinski definition) is 5. The lowest BCUT2D eigenvalue weighted by Crippen LogP contribution is -2.48. The van der Waals surface area contributed by atoms with Gasteiger partial charge < -0.3 is 14.6 Å². The van der Waals surface area contributed by atoms with E-state index in [1.165, 1.54) is 6.92 Å². The van der Waals surface area contributed by atoms with Crippen LogP contribution < -0.4 is 0 Å². The third-order valence-electron chi connectivity index (χ3n) is 2.98. The molecule has 2 atom stereocenters. The number of hydrogen-bond donors (Lipinski definition) is 1. The van der Waals surface area contributed by atoms with Gasteiger partial charge in [0.25, 0.3) is 0 Å². The fraction of sp³-hybridized carbons (Fsp3) is 0.800. The van der Waals surface area contributed by atoms with Gasteiger partial charge in [0, 0.05) is 6.54 Å². The first-order valence-electron chi connectivity index (χ1n) is 7.42. The van der Waals surface area contributed by atoms with Crippen LogP contribution in [-0.4, -0.2) is 52.8 Å². The molecule has 0 aliphatic heterocycles. The molecule has 22 heavy (non-hydrogen) atoms. The molecule has 0 bridgehead atoms. The second-order valence-corrected chi connectivity index (χ2v) is 6.00. The van der Waals surface area contributed by atoms with Gasteiger partial charge in [-0.3, -0.25) is 9.69 Å². The van der Waals surface area contributed by atoms with Crippen molar-refractivity contribution >= 4 is 18.0 Å². The van der Waals surface area contributed by atoms with E-state index in [0.29, 0.717) is 6.42 Å². The van der Waals surface area contributed by atoms with E-state index in [-0.39, 0.29) is 13.2 Å². The van der Waals surface area contributed by atoms with Gasteiger partial charge in [-0.25, -0.2) is 9.59 Å². The topological polar surface area (TPSA) is 93.1 Å². The number of esters is 1. The summed E-state index contributed by atoms with van der Waals surface area (Å²) in [6.45, 7) is 10.1. The van der Waals surface area contributed by atoms with Crippen LogP contribution in [0.25, 0.3) is 0 Å². The summed E-state index contributed by atoms with van der Waals surface area (Å²) >= 11 is 0. The van der Waals surface area contributed by atoms with E-state index in [1.807, 2.05) is 0 Å². The largest absolute Gasteiger partial charge is 0.480 e.